The zero-order valence-corrected chi connectivity index (χ0v) is 8.53. The molecule has 0 aliphatic heterocycles. The van der Waals surface area contributed by atoms with Gasteiger partial charge in [0.1, 0.15) is 6.54 Å². The quantitative estimate of drug-likeness (QED) is 0.561. The molecular weight excluding hydrogens is 224 g/mol. The zero-order chi connectivity index (χ0) is 12.4. The summed E-state index contributed by atoms with van der Waals surface area (Å²) < 4.78 is 1.10. The first-order valence-corrected chi connectivity index (χ1v) is 4.64. The van der Waals surface area contributed by atoms with Gasteiger partial charge in [-0.2, -0.15) is 5.26 Å². The van der Waals surface area contributed by atoms with Crippen molar-refractivity contribution in [2.75, 3.05) is 0 Å². The number of nitriles is 1. The molecule has 0 aliphatic rings. The Labute approximate surface area is 94.7 Å². The van der Waals surface area contributed by atoms with E-state index in [1.165, 1.54) is 24.5 Å². The van der Waals surface area contributed by atoms with Crippen LogP contribution in [0.2, 0.25) is 0 Å². The Kier molecular flexibility index (Phi) is 2.54. The number of rotatable bonds is 2. The van der Waals surface area contributed by atoms with Crippen molar-refractivity contribution in [3.8, 4) is 6.07 Å². The maximum Gasteiger partial charge on any atom is 0.270 e. The summed E-state index contributed by atoms with van der Waals surface area (Å²) in [6.45, 7) is -0.134. The summed E-state index contributed by atoms with van der Waals surface area (Å²) in [5.74, 6) is 0. The first-order valence-electron chi connectivity index (χ1n) is 4.64. The molecule has 1 aromatic carbocycles. The van der Waals surface area contributed by atoms with Crippen molar-refractivity contribution < 1.29 is 4.92 Å². The average Bonchev–Trinajstić information content (AvgIpc) is 2.32. The van der Waals surface area contributed by atoms with Crippen molar-refractivity contribution in [2.45, 2.75) is 6.54 Å². The monoisotopic (exact) mass is 230 g/mol. The van der Waals surface area contributed by atoms with E-state index in [0.29, 0.717) is 5.52 Å². The van der Waals surface area contributed by atoms with Gasteiger partial charge in [-0.3, -0.25) is 19.5 Å². The minimum absolute atomic E-state index is 0.134. The fourth-order valence-electron chi connectivity index (χ4n) is 1.45. The third kappa shape index (κ3) is 1.83. The molecule has 17 heavy (non-hydrogen) atoms. The molecule has 84 valence electrons. The minimum atomic E-state index is -0.583. The Morgan fingerprint density at radius 3 is 2.94 bits per heavy atom. The number of nitrogens with zero attached hydrogens (tertiary/aromatic N) is 4. The van der Waals surface area contributed by atoms with Crippen LogP contribution in [0.15, 0.2) is 29.3 Å². The molecular formula is C10H6N4O3. The lowest BCUT2D eigenvalue weighted by Crippen LogP contribution is -2.20. The van der Waals surface area contributed by atoms with Gasteiger partial charge in [0.15, 0.2) is 0 Å². The third-order valence-electron chi connectivity index (χ3n) is 2.26. The van der Waals surface area contributed by atoms with Crippen molar-refractivity contribution in [2.24, 2.45) is 0 Å². The second kappa shape index (κ2) is 4.02. The molecule has 7 heteroatoms. The Morgan fingerprint density at radius 2 is 2.29 bits per heavy atom. The van der Waals surface area contributed by atoms with Crippen LogP contribution in [0.5, 0.6) is 0 Å². The predicted molar refractivity (Wildman–Crippen MR) is 58.3 cm³/mol. The van der Waals surface area contributed by atoms with Crippen LogP contribution in [0.1, 0.15) is 0 Å². The van der Waals surface area contributed by atoms with E-state index in [1.807, 2.05) is 6.07 Å². The van der Waals surface area contributed by atoms with Crippen molar-refractivity contribution >= 4 is 16.6 Å². The highest BCUT2D eigenvalue weighted by Gasteiger charge is 2.10. The minimum Gasteiger partial charge on any atom is -0.285 e. The van der Waals surface area contributed by atoms with Gasteiger partial charge in [0.25, 0.3) is 11.2 Å². The molecule has 0 radical (unpaired) electrons. The Bertz CT molecular complexity index is 699. The van der Waals surface area contributed by atoms with Crippen molar-refractivity contribution in [1.82, 2.24) is 9.55 Å². The largest absolute Gasteiger partial charge is 0.285 e. The van der Waals surface area contributed by atoms with Crippen LogP contribution in [0.3, 0.4) is 0 Å². The lowest BCUT2D eigenvalue weighted by Gasteiger charge is -2.01. The van der Waals surface area contributed by atoms with E-state index >= 15 is 0 Å². The molecule has 0 saturated carbocycles. The maximum absolute atomic E-state index is 11.8. The molecule has 0 amide bonds. The van der Waals surface area contributed by atoms with Crippen LogP contribution in [-0.4, -0.2) is 14.5 Å². The highest BCUT2D eigenvalue weighted by Crippen LogP contribution is 2.15. The molecule has 2 rings (SSSR count). The van der Waals surface area contributed by atoms with Gasteiger partial charge in [0, 0.05) is 12.1 Å². The summed E-state index contributed by atoms with van der Waals surface area (Å²) in [5, 5.41) is 19.2. The summed E-state index contributed by atoms with van der Waals surface area (Å²) >= 11 is 0. The van der Waals surface area contributed by atoms with Gasteiger partial charge in [-0.25, -0.2) is 4.98 Å². The molecule has 0 spiro atoms. The number of nitro benzene ring substituents is 1. The summed E-state index contributed by atoms with van der Waals surface area (Å²) in [6.07, 6.45) is 1.25. The molecule has 0 N–H and O–H groups in total. The fourth-order valence-corrected chi connectivity index (χ4v) is 1.45. The molecule has 0 atom stereocenters. The summed E-state index contributed by atoms with van der Waals surface area (Å²) in [4.78, 5) is 25.8. The van der Waals surface area contributed by atoms with Gasteiger partial charge < -0.3 is 0 Å². The summed E-state index contributed by atoms with van der Waals surface area (Å²) in [6, 6.07) is 5.67. The van der Waals surface area contributed by atoms with Gasteiger partial charge in [0.2, 0.25) is 0 Å². The SMILES string of the molecule is N#CCn1cnc2ccc([N+](=O)[O-])cc2c1=O. The van der Waals surface area contributed by atoms with Crippen LogP contribution in [0.25, 0.3) is 10.9 Å². The first kappa shape index (κ1) is 10.8. The maximum atomic E-state index is 11.8. The molecule has 1 aromatic heterocycles. The topological polar surface area (TPSA) is 102 Å². The molecule has 7 nitrogen and oxygen atoms in total. The van der Waals surface area contributed by atoms with Crippen LogP contribution in [0.4, 0.5) is 5.69 Å². The van der Waals surface area contributed by atoms with Gasteiger partial charge in [-0.1, -0.05) is 0 Å². The number of benzene rings is 1. The highest BCUT2D eigenvalue weighted by atomic mass is 16.6. The Balaban J connectivity index is 2.74. The van der Waals surface area contributed by atoms with Gasteiger partial charge >= 0.3 is 0 Å². The second-order valence-corrected chi connectivity index (χ2v) is 3.29. The van der Waals surface area contributed by atoms with E-state index in [-0.39, 0.29) is 17.6 Å². The normalized spacial score (nSPS) is 10.1. The van der Waals surface area contributed by atoms with E-state index in [0.717, 1.165) is 4.57 Å². The molecule has 0 aliphatic carbocycles. The Hall–Kier alpha value is -2.75. The second-order valence-electron chi connectivity index (χ2n) is 3.29. The third-order valence-corrected chi connectivity index (χ3v) is 2.26. The van der Waals surface area contributed by atoms with Crippen LogP contribution < -0.4 is 5.56 Å². The molecule has 2 aromatic rings. The van der Waals surface area contributed by atoms with Crippen LogP contribution >= 0.6 is 0 Å². The number of non-ortho nitro benzene ring substituents is 1. The molecule has 0 unspecified atom stereocenters. The smallest absolute Gasteiger partial charge is 0.270 e. The van der Waals surface area contributed by atoms with Crippen molar-refractivity contribution in [1.29, 1.82) is 5.26 Å². The molecule has 0 fully saturated rings. The van der Waals surface area contributed by atoms with E-state index in [1.54, 1.807) is 0 Å². The van der Waals surface area contributed by atoms with E-state index in [4.69, 9.17) is 5.26 Å². The van der Waals surface area contributed by atoms with Crippen LogP contribution in [0, 0.1) is 21.4 Å². The zero-order valence-electron chi connectivity index (χ0n) is 8.53. The standard InChI is InChI=1S/C10H6N4O3/c11-3-4-13-6-12-9-2-1-7(14(16)17)5-8(9)10(13)15/h1-2,5-6H,4H2. The van der Waals surface area contributed by atoms with E-state index in [2.05, 4.69) is 4.98 Å². The number of aromatic nitrogens is 2. The number of nitro groups is 1. The number of fused-ring (bicyclic) bond motifs is 1. The lowest BCUT2D eigenvalue weighted by molar-refractivity contribution is -0.384. The lowest BCUT2D eigenvalue weighted by atomic mass is 10.2. The van der Waals surface area contributed by atoms with Crippen LogP contribution in [-0.2, 0) is 6.54 Å². The van der Waals surface area contributed by atoms with Crippen molar-refractivity contribution in [3.05, 3.63) is 45.0 Å². The number of hydrogen-bond acceptors (Lipinski definition) is 5. The highest BCUT2D eigenvalue weighted by molar-refractivity contribution is 5.79. The fraction of sp³-hybridized carbons (Fsp3) is 0.100. The number of hydrogen-bond donors (Lipinski definition) is 0. The first-order chi connectivity index (χ1) is 8.13. The predicted octanol–water partition coefficient (Wildman–Crippen LogP) is 0.828. The summed E-state index contributed by atoms with van der Waals surface area (Å²) in [5.41, 5.74) is -0.263. The van der Waals surface area contributed by atoms with Crippen molar-refractivity contribution in [3.63, 3.8) is 0 Å². The van der Waals surface area contributed by atoms with E-state index in [9.17, 15) is 14.9 Å². The summed E-state index contributed by atoms with van der Waals surface area (Å²) in [7, 11) is 0. The average molecular weight is 230 g/mol. The van der Waals surface area contributed by atoms with E-state index < -0.39 is 10.5 Å². The van der Waals surface area contributed by atoms with Gasteiger partial charge in [-0.15, -0.1) is 0 Å². The molecule has 1 heterocycles. The molecule has 0 saturated heterocycles. The van der Waals surface area contributed by atoms with Gasteiger partial charge in [0.05, 0.1) is 28.2 Å². The Morgan fingerprint density at radius 1 is 1.53 bits per heavy atom. The molecule has 0 bridgehead atoms. The van der Waals surface area contributed by atoms with Gasteiger partial charge in [-0.05, 0) is 6.07 Å².